The lowest BCUT2D eigenvalue weighted by atomic mass is 10.00. The second-order valence-corrected chi connectivity index (χ2v) is 4.55. The number of rotatable bonds is 0. The van der Waals surface area contributed by atoms with Crippen LogP contribution in [0, 0.1) is 12.8 Å². The largest absolute Gasteiger partial charge is 0.374 e. The quantitative estimate of drug-likeness (QED) is 0.582. The summed E-state index contributed by atoms with van der Waals surface area (Å²) in [6.45, 7) is 3.45. The van der Waals surface area contributed by atoms with Crippen LogP contribution in [0.5, 0.6) is 0 Å². The molecular weight excluding hydrogens is 158 g/mol. The maximum absolute atomic E-state index is 2.41. The molecule has 2 aliphatic rings. The highest BCUT2D eigenvalue weighted by molar-refractivity contribution is 5.60. The number of fused-ring (bicyclic) bond motifs is 3. The highest BCUT2D eigenvalue weighted by Crippen LogP contribution is 2.54. The summed E-state index contributed by atoms with van der Waals surface area (Å²) in [4.78, 5) is 2.41. The van der Waals surface area contributed by atoms with Crippen LogP contribution in [-0.2, 0) is 0 Å². The topological polar surface area (TPSA) is 3.24 Å². The molecule has 0 N–H and O–H groups in total. The van der Waals surface area contributed by atoms with Crippen LogP contribution in [0.15, 0.2) is 18.2 Å². The van der Waals surface area contributed by atoms with Gasteiger partial charge in [-0.15, -0.1) is 0 Å². The normalized spacial score (nSPS) is 29.5. The van der Waals surface area contributed by atoms with Gasteiger partial charge < -0.3 is 4.90 Å². The number of anilines is 1. The molecule has 1 aromatic rings. The Bertz CT molecular complexity index is 356. The molecule has 1 aliphatic carbocycles. The summed E-state index contributed by atoms with van der Waals surface area (Å²) in [5, 5.41) is 0. The Morgan fingerprint density at radius 2 is 2.23 bits per heavy atom. The zero-order valence-electron chi connectivity index (χ0n) is 8.25. The van der Waals surface area contributed by atoms with E-state index in [1.54, 1.807) is 5.56 Å². The van der Waals surface area contributed by atoms with Crippen LogP contribution in [0.25, 0.3) is 0 Å². The number of hydrogen-bond donors (Lipinski definition) is 0. The van der Waals surface area contributed by atoms with Crippen molar-refractivity contribution < 1.29 is 0 Å². The molecule has 68 valence electrons. The summed E-state index contributed by atoms with van der Waals surface area (Å²) in [7, 11) is 2.21. The van der Waals surface area contributed by atoms with Crippen LogP contribution in [0.4, 0.5) is 5.69 Å². The van der Waals surface area contributed by atoms with Gasteiger partial charge in [0.2, 0.25) is 0 Å². The minimum Gasteiger partial charge on any atom is -0.374 e. The average Bonchev–Trinajstić information content (AvgIpc) is 2.83. The van der Waals surface area contributed by atoms with Crippen molar-refractivity contribution in [3.8, 4) is 0 Å². The maximum Gasteiger partial charge on any atom is 0.0399 e. The van der Waals surface area contributed by atoms with E-state index < -0.39 is 0 Å². The molecule has 0 saturated heterocycles. The zero-order chi connectivity index (χ0) is 9.00. The first kappa shape index (κ1) is 7.43. The molecule has 1 unspecified atom stereocenters. The fourth-order valence-electron chi connectivity index (χ4n) is 2.60. The molecule has 1 saturated carbocycles. The highest BCUT2D eigenvalue weighted by Gasteiger charge is 2.43. The predicted molar refractivity (Wildman–Crippen MR) is 55.3 cm³/mol. The second-order valence-electron chi connectivity index (χ2n) is 4.55. The van der Waals surface area contributed by atoms with E-state index in [1.165, 1.54) is 24.2 Å². The molecule has 1 heteroatoms. The second kappa shape index (κ2) is 2.28. The summed E-state index contributed by atoms with van der Waals surface area (Å²) in [5.74, 6) is 1.85. The lowest BCUT2D eigenvalue weighted by Gasteiger charge is -2.27. The third-order valence-electron chi connectivity index (χ3n) is 3.42. The van der Waals surface area contributed by atoms with E-state index >= 15 is 0 Å². The summed E-state index contributed by atoms with van der Waals surface area (Å²) in [6.07, 6.45) is 1.42. The van der Waals surface area contributed by atoms with Gasteiger partial charge in [-0.05, 0) is 36.8 Å². The summed E-state index contributed by atoms with van der Waals surface area (Å²) in [5.41, 5.74) is 4.46. The predicted octanol–water partition coefficient (Wildman–Crippen LogP) is 2.55. The Hall–Kier alpha value is -0.980. The van der Waals surface area contributed by atoms with E-state index in [2.05, 4.69) is 37.1 Å². The van der Waals surface area contributed by atoms with Gasteiger partial charge in [0.25, 0.3) is 0 Å². The summed E-state index contributed by atoms with van der Waals surface area (Å²) >= 11 is 0. The Labute approximate surface area is 79.4 Å². The lowest BCUT2D eigenvalue weighted by molar-refractivity contribution is 0.728. The number of aryl methyl sites for hydroxylation is 1. The van der Waals surface area contributed by atoms with Crippen molar-refractivity contribution in [1.82, 2.24) is 0 Å². The maximum atomic E-state index is 2.41. The van der Waals surface area contributed by atoms with Crippen molar-refractivity contribution in [2.24, 2.45) is 5.92 Å². The van der Waals surface area contributed by atoms with Gasteiger partial charge in [-0.1, -0.05) is 17.7 Å². The van der Waals surface area contributed by atoms with E-state index in [0.29, 0.717) is 0 Å². The third kappa shape index (κ3) is 0.995. The van der Waals surface area contributed by atoms with Crippen LogP contribution in [0.2, 0.25) is 0 Å². The highest BCUT2D eigenvalue weighted by atomic mass is 15.1. The molecule has 0 amide bonds. The van der Waals surface area contributed by atoms with Gasteiger partial charge in [0.05, 0.1) is 0 Å². The first-order valence-electron chi connectivity index (χ1n) is 5.07. The van der Waals surface area contributed by atoms with Crippen molar-refractivity contribution in [3.05, 3.63) is 29.3 Å². The molecule has 0 spiro atoms. The van der Waals surface area contributed by atoms with Crippen molar-refractivity contribution in [2.75, 3.05) is 18.5 Å². The first-order chi connectivity index (χ1) is 6.25. The molecule has 1 aromatic carbocycles. The lowest BCUT2D eigenvalue weighted by Crippen LogP contribution is -2.24. The average molecular weight is 173 g/mol. The smallest absolute Gasteiger partial charge is 0.0399 e. The molecule has 1 fully saturated rings. The molecule has 1 aliphatic heterocycles. The summed E-state index contributed by atoms with van der Waals surface area (Å²) in [6, 6.07) is 6.87. The Kier molecular flexibility index (Phi) is 1.30. The van der Waals surface area contributed by atoms with Gasteiger partial charge in [-0.2, -0.15) is 0 Å². The Morgan fingerprint density at radius 3 is 3.08 bits per heavy atom. The fourth-order valence-corrected chi connectivity index (χ4v) is 2.60. The van der Waals surface area contributed by atoms with Crippen LogP contribution in [0.1, 0.15) is 23.5 Å². The molecule has 1 nitrogen and oxygen atoms in total. The molecule has 3 rings (SSSR count). The van der Waals surface area contributed by atoms with E-state index in [1.807, 2.05) is 0 Å². The van der Waals surface area contributed by atoms with Crippen molar-refractivity contribution >= 4 is 5.69 Å². The Morgan fingerprint density at radius 1 is 1.38 bits per heavy atom. The van der Waals surface area contributed by atoms with E-state index in [9.17, 15) is 0 Å². The molecule has 0 radical (unpaired) electrons. The van der Waals surface area contributed by atoms with Crippen molar-refractivity contribution in [2.45, 2.75) is 19.3 Å². The molecule has 13 heavy (non-hydrogen) atoms. The van der Waals surface area contributed by atoms with Crippen molar-refractivity contribution in [3.63, 3.8) is 0 Å². The van der Waals surface area contributed by atoms with Gasteiger partial charge in [0.1, 0.15) is 0 Å². The first-order valence-corrected chi connectivity index (χ1v) is 5.07. The van der Waals surface area contributed by atoms with Gasteiger partial charge in [0.15, 0.2) is 0 Å². The number of hydrogen-bond acceptors (Lipinski definition) is 1. The molecular formula is C12H15N. The monoisotopic (exact) mass is 173 g/mol. The van der Waals surface area contributed by atoms with Crippen LogP contribution >= 0.6 is 0 Å². The Balaban J connectivity index is 2.15. The van der Waals surface area contributed by atoms with Gasteiger partial charge in [0, 0.05) is 19.3 Å². The van der Waals surface area contributed by atoms with Gasteiger partial charge in [-0.25, -0.2) is 0 Å². The third-order valence-corrected chi connectivity index (χ3v) is 3.42. The van der Waals surface area contributed by atoms with E-state index in [-0.39, 0.29) is 0 Å². The zero-order valence-corrected chi connectivity index (χ0v) is 8.25. The number of nitrogens with zero attached hydrogens (tertiary/aromatic N) is 1. The van der Waals surface area contributed by atoms with E-state index in [4.69, 9.17) is 0 Å². The van der Waals surface area contributed by atoms with Crippen LogP contribution < -0.4 is 4.90 Å². The van der Waals surface area contributed by atoms with Gasteiger partial charge in [-0.3, -0.25) is 0 Å². The minimum atomic E-state index is 0.895. The van der Waals surface area contributed by atoms with Crippen molar-refractivity contribution in [1.29, 1.82) is 0 Å². The minimum absolute atomic E-state index is 0.895. The van der Waals surface area contributed by atoms with Crippen LogP contribution in [0.3, 0.4) is 0 Å². The molecule has 2 atom stereocenters. The molecule has 0 bridgehead atoms. The molecule has 0 aromatic heterocycles. The summed E-state index contributed by atoms with van der Waals surface area (Å²) < 4.78 is 0. The molecule has 1 heterocycles. The standard InChI is InChI=1S/C12H15N/c1-8-3-4-12-11(5-8)10-6-9(10)7-13(12)2/h3-5,9-10H,6-7H2,1-2H3/t9?,10-/m1/s1. The van der Waals surface area contributed by atoms with E-state index in [0.717, 1.165) is 11.8 Å². The van der Waals surface area contributed by atoms with Crippen LogP contribution in [-0.4, -0.2) is 13.6 Å². The fraction of sp³-hybridized carbons (Fsp3) is 0.500. The van der Waals surface area contributed by atoms with Gasteiger partial charge >= 0.3 is 0 Å². The number of benzene rings is 1. The SMILES string of the molecule is Cc1ccc2c(c1)[C@@H]1CC1CN2C.